The van der Waals surface area contributed by atoms with Crippen LogP contribution in [0.25, 0.3) is 11.3 Å². The second kappa shape index (κ2) is 8.40. The van der Waals surface area contributed by atoms with Crippen LogP contribution >= 0.6 is 0 Å². The Bertz CT molecular complexity index is 899. The number of piperazine rings is 1. The molecule has 1 saturated heterocycles. The molecule has 5 heteroatoms. The van der Waals surface area contributed by atoms with E-state index in [1.54, 1.807) is 0 Å². The van der Waals surface area contributed by atoms with Gasteiger partial charge in [-0.3, -0.25) is 9.69 Å². The van der Waals surface area contributed by atoms with E-state index in [4.69, 9.17) is 0 Å². The summed E-state index contributed by atoms with van der Waals surface area (Å²) in [5.74, 6) is 0.613. The van der Waals surface area contributed by atoms with Gasteiger partial charge in [-0.2, -0.15) is 0 Å². The van der Waals surface area contributed by atoms with Crippen LogP contribution in [0.15, 0.2) is 66.9 Å². The summed E-state index contributed by atoms with van der Waals surface area (Å²) in [6, 6.07) is 20.6. The molecule has 0 aliphatic carbocycles. The van der Waals surface area contributed by atoms with E-state index in [9.17, 15) is 4.79 Å². The average molecular weight is 374 g/mol. The molecule has 1 fully saturated rings. The predicted octanol–water partition coefficient (Wildman–Crippen LogP) is 3.52. The van der Waals surface area contributed by atoms with Gasteiger partial charge in [-0.15, -0.1) is 0 Å². The number of imidazole rings is 1. The van der Waals surface area contributed by atoms with Crippen LogP contribution in [0.2, 0.25) is 0 Å². The zero-order valence-electron chi connectivity index (χ0n) is 16.2. The maximum atomic E-state index is 13.0. The minimum absolute atomic E-state index is 0.147. The molecule has 3 aromatic rings. The first kappa shape index (κ1) is 18.4. The topological polar surface area (TPSA) is 52.2 Å². The minimum atomic E-state index is -0.266. The minimum Gasteiger partial charge on any atom is -0.341 e. The predicted molar refractivity (Wildman–Crippen MR) is 111 cm³/mol. The Hall–Kier alpha value is -2.92. The van der Waals surface area contributed by atoms with E-state index in [1.165, 1.54) is 5.56 Å². The molecule has 0 saturated carbocycles. The SMILES string of the molecule is CC(C(=O)N1CCN(Cc2ccccc2)CC1)c1ncc(-c2ccccc2)[nH]1. The van der Waals surface area contributed by atoms with Gasteiger partial charge in [-0.1, -0.05) is 60.7 Å². The molecule has 4 rings (SSSR count). The molecule has 1 amide bonds. The highest BCUT2D eigenvalue weighted by molar-refractivity contribution is 5.82. The first-order chi connectivity index (χ1) is 13.7. The Labute approximate surface area is 166 Å². The highest BCUT2D eigenvalue weighted by Crippen LogP contribution is 2.22. The van der Waals surface area contributed by atoms with E-state index in [2.05, 4.69) is 39.1 Å². The monoisotopic (exact) mass is 374 g/mol. The lowest BCUT2D eigenvalue weighted by molar-refractivity contribution is -0.134. The van der Waals surface area contributed by atoms with E-state index in [-0.39, 0.29) is 11.8 Å². The second-order valence-electron chi connectivity index (χ2n) is 7.36. The van der Waals surface area contributed by atoms with Gasteiger partial charge < -0.3 is 9.88 Å². The van der Waals surface area contributed by atoms with Crippen molar-refractivity contribution in [3.05, 3.63) is 78.2 Å². The smallest absolute Gasteiger partial charge is 0.233 e. The van der Waals surface area contributed by atoms with Crippen molar-refractivity contribution in [2.45, 2.75) is 19.4 Å². The number of aromatic nitrogens is 2. The summed E-state index contributed by atoms with van der Waals surface area (Å²) in [4.78, 5) is 25.1. The Morgan fingerprint density at radius 1 is 1.00 bits per heavy atom. The van der Waals surface area contributed by atoms with Gasteiger partial charge in [0.25, 0.3) is 0 Å². The van der Waals surface area contributed by atoms with Crippen LogP contribution in [0.5, 0.6) is 0 Å². The van der Waals surface area contributed by atoms with Gasteiger partial charge in [-0.25, -0.2) is 4.98 Å². The number of nitrogens with one attached hydrogen (secondary N) is 1. The molecule has 2 aromatic carbocycles. The van der Waals surface area contributed by atoms with Crippen LogP contribution in [0.4, 0.5) is 0 Å². The number of benzene rings is 2. The molecule has 1 atom stereocenters. The van der Waals surface area contributed by atoms with Crippen LogP contribution in [0.3, 0.4) is 0 Å². The molecule has 5 nitrogen and oxygen atoms in total. The first-order valence-corrected chi connectivity index (χ1v) is 9.86. The normalized spacial score (nSPS) is 16.1. The van der Waals surface area contributed by atoms with Crippen LogP contribution in [-0.2, 0) is 11.3 Å². The van der Waals surface area contributed by atoms with Gasteiger partial charge >= 0.3 is 0 Å². The third kappa shape index (κ3) is 4.15. The molecular formula is C23H26N4O. The summed E-state index contributed by atoms with van der Waals surface area (Å²) in [6.45, 7) is 6.22. The lowest BCUT2D eigenvalue weighted by Crippen LogP contribution is -2.49. The van der Waals surface area contributed by atoms with Crippen molar-refractivity contribution < 1.29 is 4.79 Å². The second-order valence-corrected chi connectivity index (χ2v) is 7.36. The fourth-order valence-electron chi connectivity index (χ4n) is 3.68. The lowest BCUT2D eigenvalue weighted by Gasteiger charge is -2.35. The number of carbonyl (C=O) groups excluding carboxylic acids is 1. The molecule has 1 N–H and O–H groups in total. The summed E-state index contributed by atoms with van der Waals surface area (Å²) in [5.41, 5.74) is 3.35. The molecule has 0 bridgehead atoms. The Kier molecular flexibility index (Phi) is 5.53. The van der Waals surface area contributed by atoms with Gasteiger partial charge in [0.15, 0.2) is 0 Å². The van der Waals surface area contributed by atoms with E-state index in [0.717, 1.165) is 49.8 Å². The molecule has 1 aliphatic rings. The fourth-order valence-corrected chi connectivity index (χ4v) is 3.68. The molecule has 1 aliphatic heterocycles. The number of hydrogen-bond acceptors (Lipinski definition) is 3. The largest absolute Gasteiger partial charge is 0.341 e. The number of nitrogens with zero attached hydrogens (tertiary/aromatic N) is 3. The molecule has 0 spiro atoms. The Morgan fingerprint density at radius 2 is 1.64 bits per heavy atom. The maximum absolute atomic E-state index is 13.0. The van der Waals surface area contributed by atoms with Crippen molar-refractivity contribution >= 4 is 5.91 Å². The molecule has 1 aromatic heterocycles. The highest BCUT2D eigenvalue weighted by atomic mass is 16.2. The van der Waals surface area contributed by atoms with E-state index in [0.29, 0.717) is 0 Å². The lowest BCUT2D eigenvalue weighted by atomic mass is 10.1. The summed E-state index contributed by atoms with van der Waals surface area (Å²) in [6.07, 6.45) is 1.81. The number of amides is 1. The van der Waals surface area contributed by atoms with Crippen LogP contribution in [-0.4, -0.2) is 51.9 Å². The van der Waals surface area contributed by atoms with Gasteiger partial charge in [0.2, 0.25) is 5.91 Å². The summed E-state index contributed by atoms with van der Waals surface area (Å²) < 4.78 is 0. The van der Waals surface area contributed by atoms with Gasteiger partial charge in [0, 0.05) is 32.7 Å². The molecular weight excluding hydrogens is 348 g/mol. The van der Waals surface area contributed by atoms with E-state index >= 15 is 0 Å². The maximum Gasteiger partial charge on any atom is 0.233 e. The molecule has 28 heavy (non-hydrogen) atoms. The first-order valence-electron chi connectivity index (χ1n) is 9.86. The van der Waals surface area contributed by atoms with Crippen molar-refractivity contribution in [3.8, 4) is 11.3 Å². The fraction of sp³-hybridized carbons (Fsp3) is 0.304. The Morgan fingerprint density at radius 3 is 2.32 bits per heavy atom. The van der Waals surface area contributed by atoms with Crippen LogP contribution < -0.4 is 0 Å². The average Bonchev–Trinajstić information content (AvgIpc) is 3.25. The van der Waals surface area contributed by atoms with Crippen LogP contribution in [0, 0.1) is 0 Å². The number of H-pyrrole nitrogens is 1. The molecule has 2 heterocycles. The standard InChI is InChI=1S/C23H26N4O/c1-18(22-24-16-21(25-22)20-10-6-3-7-11-20)23(28)27-14-12-26(13-15-27)17-19-8-4-2-5-9-19/h2-11,16,18H,12-15,17H2,1H3,(H,24,25). The van der Waals surface area contributed by atoms with E-state index in [1.807, 2.05) is 54.4 Å². The summed E-state index contributed by atoms with van der Waals surface area (Å²) >= 11 is 0. The summed E-state index contributed by atoms with van der Waals surface area (Å²) in [7, 11) is 0. The zero-order valence-corrected chi connectivity index (χ0v) is 16.2. The highest BCUT2D eigenvalue weighted by Gasteiger charge is 2.27. The van der Waals surface area contributed by atoms with Gasteiger partial charge in [0.05, 0.1) is 17.8 Å². The van der Waals surface area contributed by atoms with Gasteiger partial charge in [0.1, 0.15) is 5.82 Å². The van der Waals surface area contributed by atoms with Crippen molar-refractivity contribution in [3.63, 3.8) is 0 Å². The van der Waals surface area contributed by atoms with E-state index < -0.39 is 0 Å². The van der Waals surface area contributed by atoms with Crippen molar-refractivity contribution in [2.24, 2.45) is 0 Å². The number of rotatable bonds is 5. The van der Waals surface area contributed by atoms with Gasteiger partial charge in [-0.05, 0) is 18.1 Å². The number of carbonyl (C=O) groups is 1. The number of hydrogen-bond donors (Lipinski definition) is 1. The number of aromatic amines is 1. The quantitative estimate of drug-likeness (QED) is 0.743. The molecule has 1 unspecified atom stereocenters. The summed E-state index contributed by atoms with van der Waals surface area (Å²) in [5, 5.41) is 0. The third-order valence-electron chi connectivity index (χ3n) is 5.39. The van der Waals surface area contributed by atoms with Crippen LogP contribution in [0.1, 0.15) is 24.2 Å². The van der Waals surface area contributed by atoms with Crippen molar-refractivity contribution in [1.82, 2.24) is 19.8 Å². The Balaban J connectivity index is 1.34. The van der Waals surface area contributed by atoms with Crippen molar-refractivity contribution in [1.29, 1.82) is 0 Å². The molecule has 0 radical (unpaired) electrons. The van der Waals surface area contributed by atoms with Crippen molar-refractivity contribution in [2.75, 3.05) is 26.2 Å². The molecule has 144 valence electrons. The third-order valence-corrected chi connectivity index (χ3v) is 5.39. The zero-order chi connectivity index (χ0) is 19.3.